The van der Waals surface area contributed by atoms with Crippen LogP contribution < -0.4 is 10.2 Å². The molecule has 0 amide bonds. The molecule has 0 saturated carbocycles. The van der Waals surface area contributed by atoms with Gasteiger partial charge < -0.3 is 14.7 Å². The molecule has 0 atom stereocenters. The molecule has 7 heteroatoms. The van der Waals surface area contributed by atoms with Crippen LogP contribution in [0.2, 0.25) is 0 Å². The van der Waals surface area contributed by atoms with E-state index in [0.717, 1.165) is 62.2 Å². The third-order valence-corrected chi connectivity index (χ3v) is 5.21. The van der Waals surface area contributed by atoms with Gasteiger partial charge in [-0.15, -0.1) is 0 Å². The van der Waals surface area contributed by atoms with Crippen molar-refractivity contribution in [2.24, 2.45) is 0 Å². The molecule has 1 N–H and O–H groups in total. The normalized spacial score (nSPS) is 15.6. The molecule has 3 aromatic rings. The average Bonchev–Trinajstić information content (AvgIpc) is 3.08. The van der Waals surface area contributed by atoms with Gasteiger partial charge in [0.1, 0.15) is 23.3 Å². The smallest absolute Gasteiger partial charge is 0.263 e. The molecule has 1 fully saturated rings. The van der Waals surface area contributed by atoms with E-state index in [9.17, 15) is 4.39 Å². The van der Waals surface area contributed by atoms with Crippen LogP contribution in [0, 0.1) is 12.7 Å². The summed E-state index contributed by atoms with van der Waals surface area (Å²) in [7, 11) is 0. The van der Waals surface area contributed by atoms with E-state index in [0.29, 0.717) is 11.8 Å². The van der Waals surface area contributed by atoms with Crippen molar-refractivity contribution in [3.05, 3.63) is 47.7 Å². The highest BCUT2D eigenvalue weighted by molar-refractivity contribution is 5.87. The predicted molar refractivity (Wildman–Crippen MR) is 102 cm³/mol. The zero-order valence-corrected chi connectivity index (χ0v) is 15.5. The van der Waals surface area contributed by atoms with Crippen LogP contribution in [0.15, 0.2) is 35.1 Å². The highest BCUT2D eigenvalue weighted by Gasteiger charge is 2.23. The Bertz CT molecular complexity index is 887. The first-order valence-electron chi connectivity index (χ1n) is 9.50. The number of fused-ring (bicyclic) bond motifs is 1. The first kappa shape index (κ1) is 17.9. The Kier molecular flexibility index (Phi) is 5.29. The van der Waals surface area contributed by atoms with Gasteiger partial charge >= 0.3 is 0 Å². The van der Waals surface area contributed by atoms with Crippen molar-refractivity contribution in [1.29, 1.82) is 0 Å². The SMILES string of the molecule is Cc1noc2ncnc(N3CCC(NCCCc4ccc(F)cc4)CC3)c12. The van der Waals surface area contributed by atoms with Crippen LogP contribution in [0.4, 0.5) is 10.2 Å². The average molecular weight is 369 g/mol. The van der Waals surface area contributed by atoms with Crippen molar-refractivity contribution in [3.63, 3.8) is 0 Å². The van der Waals surface area contributed by atoms with E-state index in [1.807, 2.05) is 19.1 Å². The van der Waals surface area contributed by atoms with Gasteiger partial charge in [-0.1, -0.05) is 17.3 Å². The Morgan fingerprint density at radius 1 is 1.19 bits per heavy atom. The van der Waals surface area contributed by atoms with Gasteiger partial charge in [-0.25, -0.2) is 9.37 Å². The summed E-state index contributed by atoms with van der Waals surface area (Å²) in [5.74, 6) is 0.750. The minimum absolute atomic E-state index is 0.175. The first-order chi connectivity index (χ1) is 13.2. The van der Waals surface area contributed by atoms with Gasteiger partial charge in [-0.3, -0.25) is 0 Å². The number of nitrogens with zero attached hydrogens (tertiary/aromatic N) is 4. The molecule has 0 bridgehead atoms. The number of halogens is 1. The van der Waals surface area contributed by atoms with E-state index in [-0.39, 0.29) is 5.82 Å². The highest BCUT2D eigenvalue weighted by Crippen LogP contribution is 2.27. The van der Waals surface area contributed by atoms with Gasteiger partial charge in [0, 0.05) is 19.1 Å². The van der Waals surface area contributed by atoms with Gasteiger partial charge in [0.25, 0.3) is 5.71 Å². The summed E-state index contributed by atoms with van der Waals surface area (Å²) in [6.45, 7) is 4.80. The molecule has 0 unspecified atom stereocenters. The third-order valence-electron chi connectivity index (χ3n) is 5.21. The summed E-state index contributed by atoms with van der Waals surface area (Å²) >= 11 is 0. The second kappa shape index (κ2) is 8.00. The Morgan fingerprint density at radius 3 is 2.74 bits per heavy atom. The van der Waals surface area contributed by atoms with Crippen molar-refractivity contribution in [3.8, 4) is 0 Å². The molecule has 6 nitrogen and oxygen atoms in total. The number of anilines is 1. The lowest BCUT2D eigenvalue weighted by Crippen LogP contribution is -2.43. The van der Waals surface area contributed by atoms with E-state index in [1.54, 1.807) is 6.33 Å². The zero-order valence-electron chi connectivity index (χ0n) is 15.5. The molecule has 142 valence electrons. The summed E-state index contributed by atoms with van der Waals surface area (Å²) in [6, 6.07) is 7.31. The molecule has 0 spiro atoms. The lowest BCUT2D eigenvalue weighted by atomic mass is 10.0. The van der Waals surface area contributed by atoms with Crippen molar-refractivity contribution in [2.75, 3.05) is 24.5 Å². The van der Waals surface area contributed by atoms with Crippen LogP contribution in [-0.2, 0) is 6.42 Å². The van der Waals surface area contributed by atoms with Crippen LogP contribution >= 0.6 is 0 Å². The molecule has 1 aromatic carbocycles. The fourth-order valence-corrected chi connectivity index (χ4v) is 3.69. The van der Waals surface area contributed by atoms with Gasteiger partial charge in [-0.2, -0.15) is 4.98 Å². The molecule has 1 aliphatic heterocycles. The summed E-state index contributed by atoms with van der Waals surface area (Å²) in [5, 5.41) is 8.58. The van der Waals surface area contributed by atoms with E-state index < -0.39 is 0 Å². The minimum atomic E-state index is -0.175. The number of rotatable bonds is 6. The number of piperidine rings is 1. The van der Waals surface area contributed by atoms with E-state index >= 15 is 0 Å². The van der Waals surface area contributed by atoms with Crippen molar-refractivity contribution in [1.82, 2.24) is 20.4 Å². The van der Waals surface area contributed by atoms with Gasteiger partial charge in [0.15, 0.2) is 0 Å². The highest BCUT2D eigenvalue weighted by atomic mass is 19.1. The maximum Gasteiger partial charge on any atom is 0.263 e. The molecular formula is C20H24FN5O. The van der Waals surface area contributed by atoms with Crippen LogP contribution in [0.1, 0.15) is 30.5 Å². The fraction of sp³-hybridized carbons (Fsp3) is 0.450. The number of hydrogen-bond donors (Lipinski definition) is 1. The molecule has 27 heavy (non-hydrogen) atoms. The molecule has 0 aliphatic carbocycles. The Morgan fingerprint density at radius 2 is 1.96 bits per heavy atom. The molecule has 4 rings (SSSR count). The Balaban J connectivity index is 1.25. The molecule has 2 aromatic heterocycles. The maximum absolute atomic E-state index is 12.9. The Labute approximate surface area is 157 Å². The van der Waals surface area contributed by atoms with Crippen LogP contribution in [0.3, 0.4) is 0 Å². The van der Waals surface area contributed by atoms with Crippen LogP contribution in [-0.4, -0.2) is 40.8 Å². The number of benzene rings is 1. The number of nitrogens with one attached hydrogen (secondary N) is 1. The number of aromatic nitrogens is 3. The first-order valence-corrected chi connectivity index (χ1v) is 9.50. The number of aryl methyl sites for hydroxylation is 2. The third kappa shape index (κ3) is 4.08. The lowest BCUT2D eigenvalue weighted by Gasteiger charge is -2.33. The van der Waals surface area contributed by atoms with Crippen molar-refractivity contribution < 1.29 is 8.91 Å². The fourth-order valence-electron chi connectivity index (χ4n) is 3.69. The Hall–Kier alpha value is -2.54. The topological polar surface area (TPSA) is 67.1 Å². The van der Waals surface area contributed by atoms with Gasteiger partial charge in [-0.05, 0) is 56.8 Å². The molecule has 1 saturated heterocycles. The molecule has 1 aliphatic rings. The van der Waals surface area contributed by atoms with E-state index in [2.05, 4.69) is 25.3 Å². The summed E-state index contributed by atoms with van der Waals surface area (Å²) in [5.41, 5.74) is 2.57. The second-order valence-electron chi connectivity index (χ2n) is 7.09. The predicted octanol–water partition coefficient (Wildman–Crippen LogP) is 3.26. The monoisotopic (exact) mass is 369 g/mol. The van der Waals surface area contributed by atoms with E-state index in [1.165, 1.54) is 17.7 Å². The summed E-state index contributed by atoms with van der Waals surface area (Å²) < 4.78 is 18.2. The maximum atomic E-state index is 12.9. The second-order valence-corrected chi connectivity index (χ2v) is 7.09. The summed E-state index contributed by atoms with van der Waals surface area (Å²) in [6.07, 6.45) is 5.72. The molecule has 3 heterocycles. The van der Waals surface area contributed by atoms with Crippen LogP contribution in [0.5, 0.6) is 0 Å². The largest absolute Gasteiger partial charge is 0.356 e. The quantitative estimate of drug-likeness (QED) is 0.673. The standard InChI is InChI=1S/C20H24FN5O/c1-14-18-19(23-13-24-20(18)27-25-14)26-11-8-17(9-12-26)22-10-2-3-15-4-6-16(21)7-5-15/h4-7,13,17,22H,2-3,8-12H2,1H3. The zero-order chi connectivity index (χ0) is 18.6. The lowest BCUT2D eigenvalue weighted by molar-refractivity contribution is 0.412. The minimum Gasteiger partial charge on any atom is -0.356 e. The number of hydrogen-bond acceptors (Lipinski definition) is 6. The van der Waals surface area contributed by atoms with Gasteiger partial charge in [0.05, 0.1) is 5.69 Å². The summed E-state index contributed by atoms with van der Waals surface area (Å²) in [4.78, 5) is 10.9. The van der Waals surface area contributed by atoms with Crippen molar-refractivity contribution >= 4 is 16.9 Å². The van der Waals surface area contributed by atoms with E-state index in [4.69, 9.17) is 4.52 Å². The molecular weight excluding hydrogens is 345 g/mol. The molecule has 0 radical (unpaired) electrons. The van der Waals surface area contributed by atoms with Gasteiger partial charge in [0.2, 0.25) is 0 Å². The van der Waals surface area contributed by atoms with Crippen LogP contribution in [0.25, 0.3) is 11.1 Å². The van der Waals surface area contributed by atoms with Crippen molar-refractivity contribution in [2.45, 2.75) is 38.6 Å².